The van der Waals surface area contributed by atoms with E-state index >= 15 is 0 Å². The molecule has 2 aliphatic rings. The van der Waals surface area contributed by atoms with Gasteiger partial charge < -0.3 is 32.8 Å². The molecule has 10 nitrogen and oxygen atoms in total. The predicted octanol–water partition coefficient (Wildman–Crippen LogP) is 3.97. The summed E-state index contributed by atoms with van der Waals surface area (Å²) in [6.07, 6.45) is -4.05. The molecule has 5 rings (SSSR count). The smallest absolute Gasteiger partial charge is 0.497 e. The fourth-order valence-electron chi connectivity index (χ4n) is 4.94. The van der Waals surface area contributed by atoms with Crippen LogP contribution in [0.15, 0.2) is 51.7 Å². The Morgan fingerprint density at radius 2 is 1.71 bits per heavy atom. The van der Waals surface area contributed by atoms with E-state index in [0.717, 1.165) is 0 Å². The van der Waals surface area contributed by atoms with Gasteiger partial charge in [0.05, 0.1) is 12.7 Å². The van der Waals surface area contributed by atoms with Crippen LogP contribution < -0.4 is 15.1 Å². The fraction of sp³-hybridized carbons (Fsp3) is 0.393. The first-order valence-corrected chi connectivity index (χ1v) is 12.1. The molecule has 3 heterocycles. The first-order chi connectivity index (χ1) is 18.1. The van der Waals surface area contributed by atoms with Crippen LogP contribution in [0.1, 0.15) is 35.3 Å². The van der Waals surface area contributed by atoms with Crippen LogP contribution in [0.5, 0.6) is 11.5 Å². The second kappa shape index (κ2) is 9.77. The molecule has 0 spiro atoms. The van der Waals surface area contributed by atoms with Crippen molar-refractivity contribution in [3.63, 3.8) is 0 Å². The van der Waals surface area contributed by atoms with Gasteiger partial charge in [-0.15, -0.1) is 0 Å². The van der Waals surface area contributed by atoms with Crippen LogP contribution in [-0.4, -0.2) is 56.4 Å². The highest BCUT2D eigenvalue weighted by atomic mass is 16.8. The molecular weight excluding hydrogens is 496 g/mol. The molecule has 0 amide bonds. The molecule has 1 aromatic heterocycles. The van der Waals surface area contributed by atoms with Crippen LogP contribution >= 0.6 is 0 Å². The maximum Gasteiger partial charge on any atom is 0.509 e. The molecule has 2 aliphatic heterocycles. The zero-order valence-electron chi connectivity index (χ0n) is 21.6. The molecule has 10 heteroatoms. The Kier molecular flexibility index (Phi) is 6.62. The summed E-state index contributed by atoms with van der Waals surface area (Å²) in [4.78, 5) is 37.4. The molecule has 4 atom stereocenters. The number of aryl methyl sites for hydroxylation is 1. The third-order valence-corrected chi connectivity index (χ3v) is 6.89. The van der Waals surface area contributed by atoms with Crippen LogP contribution in [0.3, 0.4) is 0 Å². The lowest BCUT2D eigenvalue weighted by Gasteiger charge is -2.45. The SMILES string of the molecule is COc1ccc(C(=O)Cc2cc3ccc(O[C@@H]4OC(C)(C)[C@H](OC)[C@H]5OC(=O)O[C@@H]45)c(C)c3oc2=O)cc1. The van der Waals surface area contributed by atoms with E-state index in [9.17, 15) is 14.4 Å². The van der Waals surface area contributed by atoms with Gasteiger partial charge in [0.2, 0.25) is 12.4 Å². The van der Waals surface area contributed by atoms with Crippen molar-refractivity contribution in [2.75, 3.05) is 14.2 Å². The third-order valence-electron chi connectivity index (χ3n) is 6.89. The fourth-order valence-corrected chi connectivity index (χ4v) is 4.94. The van der Waals surface area contributed by atoms with E-state index in [0.29, 0.717) is 33.6 Å². The minimum atomic E-state index is -0.989. The molecule has 0 radical (unpaired) electrons. The lowest BCUT2D eigenvalue weighted by molar-refractivity contribution is -0.282. The van der Waals surface area contributed by atoms with Crippen LogP contribution in [0.2, 0.25) is 0 Å². The van der Waals surface area contributed by atoms with Gasteiger partial charge in [0.15, 0.2) is 11.9 Å². The highest BCUT2D eigenvalue weighted by molar-refractivity contribution is 5.98. The second-order valence-corrected chi connectivity index (χ2v) is 9.77. The topological polar surface area (TPSA) is 120 Å². The van der Waals surface area contributed by atoms with Crippen molar-refractivity contribution in [2.45, 2.75) is 57.4 Å². The van der Waals surface area contributed by atoms with Gasteiger partial charge in [-0.05, 0) is 63.2 Å². The Balaban J connectivity index is 1.40. The van der Waals surface area contributed by atoms with Gasteiger partial charge in [0.1, 0.15) is 23.2 Å². The number of benzene rings is 2. The Hall–Kier alpha value is -3.89. The number of hydrogen-bond acceptors (Lipinski definition) is 10. The molecular formula is C28H28O10. The van der Waals surface area contributed by atoms with Crippen LogP contribution in [0, 0.1) is 6.92 Å². The lowest BCUT2D eigenvalue weighted by Crippen LogP contribution is -2.62. The molecule has 2 fully saturated rings. The highest BCUT2D eigenvalue weighted by Gasteiger charge is 2.59. The van der Waals surface area contributed by atoms with Crippen molar-refractivity contribution in [1.82, 2.24) is 0 Å². The van der Waals surface area contributed by atoms with E-state index < -0.39 is 42.0 Å². The summed E-state index contributed by atoms with van der Waals surface area (Å²) < 4.78 is 39.2. The number of methoxy groups -OCH3 is 2. The molecule has 0 aliphatic carbocycles. The standard InChI is InChI=1S/C28H28O10/c1-14-20(34-26-23-22(36-27(31)37-23)24(33-5)28(2,3)38-26)11-8-16-12-17(25(30)35-21(14)16)13-19(29)15-6-9-18(32-4)10-7-15/h6-12,22-24,26H,13H2,1-5H3/t22-,23+,24+,26+/m0/s1. The van der Waals surface area contributed by atoms with Crippen molar-refractivity contribution >= 4 is 22.9 Å². The summed E-state index contributed by atoms with van der Waals surface area (Å²) in [5.74, 6) is 0.793. The molecule has 0 bridgehead atoms. The van der Waals surface area contributed by atoms with E-state index in [1.807, 2.05) is 0 Å². The van der Waals surface area contributed by atoms with Crippen LogP contribution in [0.4, 0.5) is 4.79 Å². The van der Waals surface area contributed by atoms with Crippen molar-refractivity contribution in [1.29, 1.82) is 0 Å². The van der Waals surface area contributed by atoms with Crippen molar-refractivity contribution in [3.8, 4) is 11.5 Å². The number of ketones is 1. The molecule has 3 aromatic rings. The number of carbonyl (C=O) groups excluding carboxylic acids is 2. The Bertz CT molecular complexity index is 1440. The van der Waals surface area contributed by atoms with Gasteiger partial charge >= 0.3 is 11.8 Å². The highest BCUT2D eigenvalue weighted by Crippen LogP contribution is 2.39. The Labute approximate surface area is 218 Å². The third kappa shape index (κ3) is 4.61. The molecule has 2 saturated heterocycles. The van der Waals surface area contributed by atoms with E-state index in [2.05, 4.69) is 0 Å². The maximum absolute atomic E-state index is 12.8. The summed E-state index contributed by atoms with van der Waals surface area (Å²) in [5.41, 5.74) is 0.102. The summed E-state index contributed by atoms with van der Waals surface area (Å²) in [5, 5.41) is 0.629. The van der Waals surface area contributed by atoms with E-state index in [4.69, 9.17) is 32.8 Å². The van der Waals surface area contributed by atoms with Gasteiger partial charge in [0.25, 0.3) is 0 Å². The number of hydrogen-bond donors (Lipinski definition) is 0. The largest absolute Gasteiger partial charge is 0.509 e. The number of ether oxygens (including phenoxy) is 6. The van der Waals surface area contributed by atoms with E-state index in [-0.39, 0.29) is 17.8 Å². The van der Waals surface area contributed by atoms with Crippen molar-refractivity contribution < 1.29 is 42.4 Å². The number of Topliss-reactive ketones (excluding diaryl/α,β-unsaturated/α-hetero) is 1. The van der Waals surface area contributed by atoms with Crippen molar-refractivity contribution in [3.05, 3.63) is 69.6 Å². The molecule has 0 unspecified atom stereocenters. The Morgan fingerprint density at radius 1 is 1.00 bits per heavy atom. The average molecular weight is 525 g/mol. The summed E-state index contributed by atoms with van der Waals surface area (Å²) in [6, 6.07) is 11.8. The normalized spacial score (nSPS) is 23.9. The van der Waals surface area contributed by atoms with Gasteiger partial charge in [-0.2, -0.15) is 0 Å². The number of carbonyl (C=O) groups is 2. The summed E-state index contributed by atoms with van der Waals surface area (Å²) in [7, 11) is 3.05. The number of fused-ring (bicyclic) bond motifs is 2. The molecule has 38 heavy (non-hydrogen) atoms. The predicted molar refractivity (Wildman–Crippen MR) is 134 cm³/mol. The monoisotopic (exact) mass is 524 g/mol. The van der Waals surface area contributed by atoms with Gasteiger partial charge in [0, 0.05) is 35.6 Å². The average Bonchev–Trinajstić information content (AvgIpc) is 3.27. The Morgan fingerprint density at radius 3 is 2.39 bits per heavy atom. The zero-order valence-corrected chi connectivity index (χ0v) is 21.6. The first kappa shape index (κ1) is 25.7. The minimum absolute atomic E-state index is 0.109. The second-order valence-electron chi connectivity index (χ2n) is 9.77. The maximum atomic E-state index is 12.8. The molecule has 2 aromatic carbocycles. The van der Waals surface area contributed by atoms with E-state index in [1.54, 1.807) is 70.3 Å². The van der Waals surface area contributed by atoms with E-state index in [1.165, 1.54) is 7.11 Å². The molecule has 0 N–H and O–H groups in total. The molecule has 0 saturated carbocycles. The first-order valence-electron chi connectivity index (χ1n) is 12.1. The van der Waals surface area contributed by atoms with Gasteiger partial charge in [-0.1, -0.05) is 0 Å². The zero-order chi connectivity index (χ0) is 27.2. The lowest BCUT2D eigenvalue weighted by atomic mass is 9.89. The van der Waals surface area contributed by atoms with Crippen LogP contribution in [0.25, 0.3) is 11.0 Å². The van der Waals surface area contributed by atoms with Crippen LogP contribution in [-0.2, 0) is 25.4 Å². The summed E-state index contributed by atoms with van der Waals surface area (Å²) >= 11 is 0. The molecule has 200 valence electrons. The minimum Gasteiger partial charge on any atom is -0.497 e. The quantitative estimate of drug-likeness (QED) is 0.255. The van der Waals surface area contributed by atoms with Gasteiger partial charge in [-0.25, -0.2) is 9.59 Å². The van der Waals surface area contributed by atoms with Gasteiger partial charge in [-0.3, -0.25) is 4.79 Å². The summed E-state index contributed by atoms with van der Waals surface area (Å²) in [6.45, 7) is 5.35. The van der Waals surface area contributed by atoms with Crippen molar-refractivity contribution in [2.24, 2.45) is 0 Å². The number of rotatable bonds is 7.